The van der Waals surface area contributed by atoms with Crippen molar-refractivity contribution in [3.05, 3.63) is 0 Å². The highest BCUT2D eigenvalue weighted by Gasteiger charge is 2.20. The van der Waals surface area contributed by atoms with Gasteiger partial charge in [-0.1, -0.05) is 13.3 Å². The minimum Gasteiger partial charge on any atom is -0.360 e. The number of hydrogen-bond donors (Lipinski definition) is 2. The summed E-state index contributed by atoms with van der Waals surface area (Å²) in [6.45, 7) is 4.41. The van der Waals surface area contributed by atoms with Crippen LogP contribution in [0.4, 0.5) is 0 Å². The van der Waals surface area contributed by atoms with Crippen molar-refractivity contribution in [3.8, 4) is 0 Å². The molecule has 1 fully saturated rings. The van der Waals surface area contributed by atoms with Crippen LogP contribution in [-0.2, 0) is 0 Å². The van der Waals surface area contributed by atoms with Crippen molar-refractivity contribution < 1.29 is 0 Å². The lowest BCUT2D eigenvalue weighted by Crippen LogP contribution is -2.52. The molecule has 0 aromatic heterocycles. The van der Waals surface area contributed by atoms with Gasteiger partial charge in [-0.2, -0.15) is 0 Å². The molecule has 1 aliphatic rings. The Bertz CT molecular complexity index is 173. The van der Waals surface area contributed by atoms with E-state index in [-0.39, 0.29) is 0 Å². The van der Waals surface area contributed by atoms with Gasteiger partial charge in [0.1, 0.15) is 0 Å². The number of hydrogen-bond acceptors (Lipinski definition) is 2. The highest BCUT2D eigenvalue weighted by Crippen LogP contribution is 2.18. The first-order chi connectivity index (χ1) is 6.22. The Labute approximate surface area is 90.2 Å². The molecule has 13 heavy (non-hydrogen) atoms. The minimum atomic E-state index is 0.521. The second-order valence-electron chi connectivity index (χ2n) is 3.47. The lowest BCUT2D eigenvalue weighted by Gasteiger charge is -2.30. The van der Waals surface area contributed by atoms with E-state index in [0.29, 0.717) is 11.4 Å². The average molecular weight is 218 g/mol. The van der Waals surface area contributed by atoms with Crippen molar-refractivity contribution in [3.63, 3.8) is 0 Å². The van der Waals surface area contributed by atoms with Gasteiger partial charge in [-0.25, -0.2) is 0 Å². The summed E-state index contributed by atoms with van der Waals surface area (Å²) in [6, 6.07) is 0.521. The monoisotopic (exact) mass is 218 g/mol. The molecule has 0 aromatic carbocycles. The van der Waals surface area contributed by atoms with Gasteiger partial charge in [0.2, 0.25) is 0 Å². The molecule has 0 unspecified atom stereocenters. The molecule has 1 rings (SSSR count). The minimum absolute atomic E-state index is 0.521. The molecule has 0 radical (unpaired) electrons. The van der Waals surface area contributed by atoms with Crippen LogP contribution in [0.1, 0.15) is 33.1 Å². The molecule has 0 saturated carbocycles. The van der Waals surface area contributed by atoms with E-state index in [1.54, 1.807) is 0 Å². The summed E-state index contributed by atoms with van der Waals surface area (Å²) < 4.78 is 0. The Morgan fingerprint density at radius 3 is 2.92 bits per heavy atom. The van der Waals surface area contributed by atoms with E-state index in [1.807, 2.05) is 11.8 Å². The molecule has 2 atom stereocenters. The van der Waals surface area contributed by atoms with E-state index in [9.17, 15) is 0 Å². The summed E-state index contributed by atoms with van der Waals surface area (Å²) in [5.41, 5.74) is 0. The van der Waals surface area contributed by atoms with E-state index < -0.39 is 0 Å². The fourth-order valence-electron chi connectivity index (χ4n) is 1.33. The summed E-state index contributed by atoms with van der Waals surface area (Å²) in [7, 11) is 0. The lowest BCUT2D eigenvalue weighted by atomic mass is 10.2. The largest absolute Gasteiger partial charge is 0.360 e. The van der Waals surface area contributed by atoms with Crippen LogP contribution in [-0.4, -0.2) is 22.3 Å². The maximum absolute atomic E-state index is 5.10. The topological polar surface area (TPSA) is 24.1 Å². The highest BCUT2D eigenvalue weighted by molar-refractivity contribution is 7.99. The van der Waals surface area contributed by atoms with Crippen LogP contribution in [0.25, 0.3) is 0 Å². The number of rotatable bonds is 4. The first kappa shape index (κ1) is 11.1. The predicted octanol–water partition coefficient (Wildman–Crippen LogP) is 2.10. The molecule has 0 bridgehead atoms. The third-order valence-corrected chi connectivity index (χ3v) is 3.53. The van der Waals surface area contributed by atoms with Gasteiger partial charge in [-0.3, -0.25) is 0 Å². The number of thiocarbonyl (C=S) groups is 1. The van der Waals surface area contributed by atoms with Crippen molar-refractivity contribution in [2.45, 2.75) is 44.5 Å². The molecule has 1 heterocycles. The van der Waals surface area contributed by atoms with Gasteiger partial charge in [0, 0.05) is 6.04 Å². The third kappa shape index (κ3) is 4.18. The van der Waals surface area contributed by atoms with E-state index >= 15 is 0 Å². The molecule has 0 aliphatic carbocycles. The first-order valence-corrected chi connectivity index (χ1v) is 6.36. The van der Waals surface area contributed by atoms with E-state index in [2.05, 4.69) is 24.5 Å². The number of thioether (sulfide) groups is 1. The summed E-state index contributed by atoms with van der Waals surface area (Å²) in [5.74, 6) is 1.24. The molecule has 0 amide bonds. The van der Waals surface area contributed by atoms with Crippen molar-refractivity contribution in [1.29, 1.82) is 0 Å². The summed E-state index contributed by atoms with van der Waals surface area (Å²) in [4.78, 5) is 0. The fraction of sp³-hybridized carbons (Fsp3) is 0.889. The Morgan fingerprint density at radius 1 is 1.54 bits per heavy atom. The molecule has 0 aromatic rings. The fourth-order valence-corrected chi connectivity index (χ4v) is 3.11. The molecule has 1 saturated heterocycles. The second kappa shape index (κ2) is 5.70. The smallest absolute Gasteiger partial charge is 0.167 e. The van der Waals surface area contributed by atoms with Crippen LogP contribution >= 0.6 is 24.0 Å². The van der Waals surface area contributed by atoms with Gasteiger partial charge in [0.15, 0.2) is 5.11 Å². The average Bonchev–Trinajstić information content (AvgIpc) is 2.03. The van der Waals surface area contributed by atoms with E-state index in [4.69, 9.17) is 12.2 Å². The maximum atomic E-state index is 5.10. The van der Waals surface area contributed by atoms with Crippen LogP contribution < -0.4 is 10.6 Å². The standard InChI is InChI=1S/C9H18N2S2/c1-3-4-5-13-8-6-7(2)10-9(12)11-8/h7-8H,3-6H2,1-2H3,(H2,10,11,12)/t7-,8+/m1/s1. The van der Waals surface area contributed by atoms with Gasteiger partial charge < -0.3 is 10.6 Å². The van der Waals surface area contributed by atoms with Crippen molar-refractivity contribution >= 4 is 29.1 Å². The third-order valence-electron chi connectivity index (χ3n) is 2.05. The molecule has 2 nitrogen and oxygen atoms in total. The van der Waals surface area contributed by atoms with Gasteiger partial charge in [-0.05, 0) is 37.7 Å². The zero-order chi connectivity index (χ0) is 9.68. The van der Waals surface area contributed by atoms with Crippen LogP contribution in [0.5, 0.6) is 0 Å². The molecular weight excluding hydrogens is 200 g/mol. The van der Waals surface area contributed by atoms with E-state index in [1.165, 1.54) is 18.6 Å². The van der Waals surface area contributed by atoms with Gasteiger partial charge >= 0.3 is 0 Å². The van der Waals surface area contributed by atoms with Crippen molar-refractivity contribution in [1.82, 2.24) is 10.6 Å². The normalized spacial score (nSPS) is 28.0. The highest BCUT2D eigenvalue weighted by atomic mass is 32.2. The first-order valence-electron chi connectivity index (χ1n) is 4.91. The zero-order valence-corrected chi connectivity index (χ0v) is 9.93. The zero-order valence-electron chi connectivity index (χ0n) is 8.30. The lowest BCUT2D eigenvalue weighted by molar-refractivity contribution is 0.527. The van der Waals surface area contributed by atoms with Crippen LogP contribution in [0.15, 0.2) is 0 Å². The summed E-state index contributed by atoms with van der Waals surface area (Å²) in [6.07, 6.45) is 3.74. The van der Waals surface area contributed by atoms with Crippen LogP contribution in [0, 0.1) is 0 Å². The summed E-state index contributed by atoms with van der Waals surface area (Å²) in [5, 5.41) is 7.83. The molecule has 4 heteroatoms. The Hall–Kier alpha value is 0.0400. The Kier molecular flexibility index (Phi) is 4.88. The SMILES string of the molecule is CCCCS[C@H]1C[C@@H](C)NC(=S)N1. The van der Waals surface area contributed by atoms with Gasteiger partial charge in [0.25, 0.3) is 0 Å². The maximum Gasteiger partial charge on any atom is 0.167 e. The molecule has 76 valence electrons. The molecule has 2 N–H and O–H groups in total. The number of unbranched alkanes of at least 4 members (excludes halogenated alkanes) is 1. The predicted molar refractivity (Wildman–Crippen MR) is 64.1 cm³/mol. The van der Waals surface area contributed by atoms with Crippen molar-refractivity contribution in [2.75, 3.05) is 5.75 Å². The molecule has 0 spiro atoms. The van der Waals surface area contributed by atoms with Gasteiger partial charge in [0.05, 0.1) is 5.37 Å². The molecular formula is C9H18N2S2. The quantitative estimate of drug-likeness (QED) is 0.557. The summed E-state index contributed by atoms with van der Waals surface area (Å²) >= 11 is 7.09. The van der Waals surface area contributed by atoms with Crippen molar-refractivity contribution in [2.24, 2.45) is 0 Å². The Morgan fingerprint density at radius 2 is 2.31 bits per heavy atom. The molecule has 1 aliphatic heterocycles. The van der Waals surface area contributed by atoms with Crippen LogP contribution in [0.3, 0.4) is 0 Å². The van der Waals surface area contributed by atoms with Gasteiger partial charge in [-0.15, -0.1) is 11.8 Å². The van der Waals surface area contributed by atoms with Crippen LogP contribution in [0.2, 0.25) is 0 Å². The Balaban J connectivity index is 2.21. The van der Waals surface area contributed by atoms with E-state index in [0.717, 1.165) is 11.5 Å². The number of nitrogens with one attached hydrogen (secondary N) is 2. The second-order valence-corrected chi connectivity index (χ2v) is 5.19.